The number of aromatic hydroxyl groups is 1. The first-order valence-electron chi connectivity index (χ1n) is 19.3. The predicted molar refractivity (Wildman–Crippen MR) is 212 cm³/mol. The number of imide groups is 1. The SMILES string of the molecule is O=C1CCC(N2Cc3cc(CN4CC(Oc5cccc(S(=O)(=O)c6ccc(Nc7ncc8c(n7)N(c7cccc(O)c7)C(=O)C87CC7)cc6)c5)C4)ccc3C2=O)C(=O)N1. The van der Waals surface area contributed by atoms with Crippen LogP contribution < -0.4 is 20.3 Å². The number of hydrogen-bond donors (Lipinski definition) is 3. The normalized spacial score (nSPS) is 19.7. The van der Waals surface area contributed by atoms with Gasteiger partial charge >= 0.3 is 0 Å². The fourth-order valence-corrected chi connectivity index (χ4v) is 9.74. The molecule has 0 radical (unpaired) electrons. The van der Waals surface area contributed by atoms with E-state index >= 15 is 0 Å². The molecule has 1 saturated carbocycles. The Labute approximate surface area is 338 Å². The number of nitrogens with zero attached hydrogens (tertiary/aromatic N) is 5. The molecule has 1 spiro atoms. The van der Waals surface area contributed by atoms with Crippen LogP contribution in [0.5, 0.6) is 11.5 Å². The van der Waals surface area contributed by atoms with E-state index < -0.39 is 27.2 Å². The molecule has 16 heteroatoms. The average Bonchev–Trinajstić information content (AvgIpc) is 3.90. The zero-order valence-electron chi connectivity index (χ0n) is 31.5. The highest BCUT2D eigenvalue weighted by Gasteiger charge is 2.60. The number of rotatable bonds is 10. The van der Waals surface area contributed by atoms with Crippen molar-refractivity contribution in [2.24, 2.45) is 0 Å². The third kappa shape index (κ3) is 6.44. The van der Waals surface area contributed by atoms with Crippen molar-refractivity contribution >= 4 is 56.6 Å². The summed E-state index contributed by atoms with van der Waals surface area (Å²) in [6.45, 7) is 2.21. The average molecular weight is 812 g/mol. The molecule has 1 unspecified atom stereocenters. The molecular weight excluding hydrogens is 775 g/mol. The maximum absolute atomic E-state index is 13.7. The predicted octanol–water partition coefficient (Wildman–Crippen LogP) is 4.49. The van der Waals surface area contributed by atoms with Gasteiger partial charge in [0.05, 0.1) is 20.9 Å². The number of ether oxygens (including phenoxy) is 1. The largest absolute Gasteiger partial charge is 0.508 e. The Hall–Kier alpha value is -6.65. The number of phenols is 1. The highest BCUT2D eigenvalue weighted by Crippen LogP contribution is 2.58. The van der Waals surface area contributed by atoms with Crippen LogP contribution in [0.25, 0.3) is 0 Å². The zero-order valence-corrected chi connectivity index (χ0v) is 32.3. The smallest absolute Gasteiger partial charge is 0.255 e. The third-order valence-electron chi connectivity index (χ3n) is 11.7. The summed E-state index contributed by atoms with van der Waals surface area (Å²) in [6.07, 6.45) is 3.45. The third-order valence-corrected chi connectivity index (χ3v) is 13.5. The standard InChI is InChI=1S/C43H37N7O8S/c51-29-4-1-3-28(18-29)50-38-35(43(15-16-43)41(50)55)20-44-42(47-38)45-27-8-10-32(11-9-27)59(56,57)33-6-2-5-30(19-33)58-31-23-48(24-31)21-25-7-12-34-26(17-25)22-49(40(34)54)36-13-14-37(52)46-39(36)53/h1-12,17-20,31,36,51H,13-16,21-24H2,(H,44,45,47)(H,46,52,53). The molecule has 5 aliphatic rings. The Bertz CT molecular complexity index is 2710. The number of anilines is 4. The van der Waals surface area contributed by atoms with Gasteiger partial charge in [0, 0.05) is 61.7 Å². The van der Waals surface area contributed by atoms with E-state index in [-0.39, 0.29) is 51.7 Å². The molecule has 0 bridgehead atoms. The molecule has 1 atom stereocenters. The van der Waals surface area contributed by atoms with Gasteiger partial charge in [-0.15, -0.1) is 0 Å². The number of sulfone groups is 1. The molecule has 4 aromatic carbocycles. The van der Waals surface area contributed by atoms with Crippen LogP contribution in [0.1, 0.15) is 52.7 Å². The molecule has 1 aliphatic carbocycles. The van der Waals surface area contributed by atoms with Gasteiger partial charge in [-0.1, -0.05) is 24.3 Å². The Morgan fingerprint density at radius 3 is 2.47 bits per heavy atom. The van der Waals surface area contributed by atoms with Crippen LogP contribution in [0.2, 0.25) is 0 Å². The molecule has 5 aromatic rings. The summed E-state index contributed by atoms with van der Waals surface area (Å²) < 4.78 is 33.6. The highest BCUT2D eigenvalue weighted by molar-refractivity contribution is 7.91. The highest BCUT2D eigenvalue weighted by atomic mass is 32.2. The van der Waals surface area contributed by atoms with Gasteiger partial charge in [-0.05, 0) is 91.1 Å². The maximum Gasteiger partial charge on any atom is 0.255 e. The number of nitrogens with one attached hydrogen (secondary N) is 2. The molecule has 3 N–H and O–H groups in total. The molecule has 2 saturated heterocycles. The molecule has 298 valence electrons. The number of hydrogen-bond acceptors (Lipinski definition) is 12. The lowest BCUT2D eigenvalue weighted by molar-refractivity contribution is -0.137. The van der Waals surface area contributed by atoms with E-state index in [0.717, 1.165) is 16.7 Å². The second-order valence-electron chi connectivity index (χ2n) is 15.6. The van der Waals surface area contributed by atoms with Crippen LogP contribution in [0.3, 0.4) is 0 Å². The van der Waals surface area contributed by atoms with Crippen molar-refractivity contribution in [3.63, 3.8) is 0 Å². The van der Waals surface area contributed by atoms with Crippen molar-refractivity contribution in [2.75, 3.05) is 23.3 Å². The Balaban J connectivity index is 0.760. The quantitative estimate of drug-likeness (QED) is 0.168. The number of phenolic OH excluding ortho intramolecular Hbond substituents is 1. The lowest BCUT2D eigenvalue weighted by Crippen LogP contribution is -2.53. The van der Waals surface area contributed by atoms with Gasteiger partial charge in [0.15, 0.2) is 0 Å². The molecule has 3 fully saturated rings. The summed E-state index contributed by atoms with van der Waals surface area (Å²) in [6, 6.07) is 24.2. The molecule has 1 aromatic heterocycles. The van der Waals surface area contributed by atoms with E-state index in [2.05, 4.69) is 25.5 Å². The lowest BCUT2D eigenvalue weighted by Gasteiger charge is -2.39. The molecule has 59 heavy (non-hydrogen) atoms. The van der Waals surface area contributed by atoms with Crippen molar-refractivity contribution in [1.29, 1.82) is 0 Å². The van der Waals surface area contributed by atoms with Crippen LogP contribution in [-0.2, 0) is 42.7 Å². The zero-order chi connectivity index (χ0) is 40.6. The molecule has 15 nitrogen and oxygen atoms in total. The molecule has 10 rings (SSSR count). The summed E-state index contributed by atoms with van der Waals surface area (Å²) >= 11 is 0. The molecule has 4 aliphatic heterocycles. The fraction of sp³-hybridized carbons (Fsp3) is 0.256. The van der Waals surface area contributed by atoms with Gasteiger partial charge in [-0.3, -0.25) is 34.3 Å². The first-order valence-corrected chi connectivity index (χ1v) is 20.8. The number of carbonyl (C=O) groups excluding carboxylic acids is 4. The van der Waals surface area contributed by atoms with Crippen LogP contribution in [0, 0.1) is 0 Å². The second kappa shape index (κ2) is 13.7. The van der Waals surface area contributed by atoms with Crippen molar-refractivity contribution in [3.8, 4) is 11.5 Å². The van der Waals surface area contributed by atoms with Gasteiger partial charge in [-0.25, -0.2) is 13.4 Å². The van der Waals surface area contributed by atoms with Gasteiger partial charge in [0.25, 0.3) is 5.91 Å². The lowest BCUT2D eigenvalue weighted by atomic mass is 10.0. The minimum absolute atomic E-state index is 0.0367. The number of benzene rings is 4. The first-order chi connectivity index (χ1) is 28.4. The summed E-state index contributed by atoms with van der Waals surface area (Å²) in [5.74, 6) is 0.106. The van der Waals surface area contributed by atoms with Gasteiger partial charge < -0.3 is 20.1 Å². The molecule has 4 amide bonds. The van der Waals surface area contributed by atoms with Crippen LogP contribution in [-0.4, -0.2) is 82.2 Å². The van der Waals surface area contributed by atoms with Crippen LogP contribution >= 0.6 is 0 Å². The van der Waals surface area contributed by atoms with Crippen molar-refractivity contribution in [1.82, 2.24) is 25.1 Å². The Morgan fingerprint density at radius 2 is 1.71 bits per heavy atom. The minimum atomic E-state index is -3.89. The monoisotopic (exact) mass is 811 g/mol. The summed E-state index contributed by atoms with van der Waals surface area (Å²) in [4.78, 5) is 65.1. The Kier molecular flexibility index (Phi) is 8.54. The van der Waals surface area contributed by atoms with E-state index in [1.165, 1.54) is 46.2 Å². The number of carbonyl (C=O) groups is 4. The van der Waals surface area contributed by atoms with Crippen molar-refractivity contribution in [3.05, 3.63) is 119 Å². The minimum Gasteiger partial charge on any atom is -0.508 e. The summed E-state index contributed by atoms with van der Waals surface area (Å²) in [5.41, 5.74) is 3.61. The van der Waals surface area contributed by atoms with Crippen molar-refractivity contribution < 1.29 is 37.4 Å². The van der Waals surface area contributed by atoms with E-state index in [0.29, 0.717) is 73.9 Å². The van der Waals surface area contributed by atoms with Crippen LogP contribution in [0.15, 0.2) is 107 Å². The van der Waals surface area contributed by atoms with Gasteiger partial charge in [0.2, 0.25) is 33.5 Å². The number of fused-ring (bicyclic) bond motifs is 3. The van der Waals surface area contributed by atoms with Crippen molar-refractivity contribution in [2.45, 2.75) is 66.1 Å². The van der Waals surface area contributed by atoms with Crippen LogP contribution in [0.4, 0.5) is 23.1 Å². The van der Waals surface area contributed by atoms with E-state index in [1.807, 2.05) is 12.1 Å². The van der Waals surface area contributed by atoms with E-state index in [1.54, 1.807) is 48.7 Å². The number of aromatic nitrogens is 2. The van der Waals surface area contributed by atoms with E-state index in [4.69, 9.17) is 4.74 Å². The second-order valence-corrected chi connectivity index (χ2v) is 17.6. The molecular formula is C43H37N7O8S. The maximum atomic E-state index is 13.7. The topological polar surface area (TPSA) is 191 Å². The number of piperidine rings is 1. The number of amides is 4. The van der Waals surface area contributed by atoms with E-state index in [9.17, 15) is 32.7 Å². The first kappa shape index (κ1) is 36.7. The molecule has 5 heterocycles. The van der Waals surface area contributed by atoms with Gasteiger partial charge in [-0.2, -0.15) is 4.98 Å². The summed E-state index contributed by atoms with van der Waals surface area (Å²) in [7, 11) is -3.89. The van der Waals surface area contributed by atoms with Gasteiger partial charge in [0.1, 0.15) is 29.5 Å². The number of likely N-dealkylation sites (tertiary alicyclic amines) is 1. The summed E-state index contributed by atoms with van der Waals surface area (Å²) in [5, 5.41) is 15.5. The Morgan fingerprint density at radius 1 is 0.915 bits per heavy atom. The fourth-order valence-electron chi connectivity index (χ4n) is 8.45.